The van der Waals surface area contributed by atoms with Crippen molar-refractivity contribution in [3.8, 4) is 0 Å². The minimum Gasteiger partial charge on any atom is -0.399 e. The summed E-state index contributed by atoms with van der Waals surface area (Å²) in [7, 11) is 0. The lowest BCUT2D eigenvalue weighted by Crippen LogP contribution is -2.06. The van der Waals surface area contributed by atoms with E-state index >= 15 is 0 Å². The first-order valence-corrected chi connectivity index (χ1v) is 6.08. The molecule has 0 heterocycles. The third-order valence-electron chi connectivity index (χ3n) is 3.10. The van der Waals surface area contributed by atoms with E-state index in [1.807, 2.05) is 13.0 Å². The van der Waals surface area contributed by atoms with Crippen molar-refractivity contribution in [2.45, 2.75) is 20.0 Å². The standard InChI is InChI=1S/C15H15F3N2/c1-9-3-5-11(15(16,17)18)7-13(9)20-14-8-12(19)6-4-10(14)2/h3-8,20H,19H2,1-2H3. The number of aryl methyl sites for hydroxylation is 2. The van der Waals surface area contributed by atoms with Crippen LogP contribution in [-0.4, -0.2) is 0 Å². The molecule has 3 N–H and O–H groups in total. The Morgan fingerprint density at radius 1 is 0.900 bits per heavy atom. The second-order valence-corrected chi connectivity index (χ2v) is 4.73. The van der Waals surface area contributed by atoms with Gasteiger partial charge in [0.05, 0.1) is 5.56 Å². The number of nitrogens with one attached hydrogen (secondary N) is 1. The maximum atomic E-state index is 12.7. The number of anilines is 3. The lowest BCUT2D eigenvalue weighted by atomic mass is 10.1. The van der Waals surface area contributed by atoms with Crippen molar-refractivity contribution in [1.82, 2.24) is 0 Å². The van der Waals surface area contributed by atoms with E-state index in [4.69, 9.17) is 5.73 Å². The Kier molecular flexibility index (Phi) is 3.61. The summed E-state index contributed by atoms with van der Waals surface area (Å²) in [5, 5.41) is 3.01. The van der Waals surface area contributed by atoms with Gasteiger partial charge in [0.1, 0.15) is 0 Å². The lowest BCUT2D eigenvalue weighted by Gasteiger charge is -2.15. The molecule has 2 aromatic rings. The average molecular weight is 280 g/mol. The number of benzene rings is 2. The van der Waals surface area contributed by atoms with Crippen LogP contribution >= 0.6 is 0 Å². The zero-order valence-corrected chi connectivity index (χ0v) is 11.2. The molecule has 0 atom stereocenters. The van der Waals surface area contributed by atoms with Crippen LogP contribution in [0.15, 0.2) is 36.4 Å². The van der Waals surface area contributed by atoms with Gasteiger partial charge in [-0.25, -0.2) is 0 Å². The number of hydrogen-bond acceptors (Lipinski definition) is 2. The van der Waals surface area contributed by atoms with E-state index in [1.54, 1.807) is 19.1 Å². The molecule has 0 aliphatic carbocycles. The SMILES string of the molecule is Cc1ccc(N)cc1Nc1cc(C(F)(F)F)ccc1C. The van der Waals surface area contributed by atoms with E-state index in [0.29, 0.717) is 17.1 Å². The van der Waals surface area contributed by atoms with Gasteiger partial charge in [-0.05, 0) is 49.2 Å². The molecule has 0 spiro atoms. The number of halogens is 3. The Morgan fingerprint density at radius 3 is 2.05 bits per heavy atom. The number of nitrogens with two attached hydrogens (primary N) is 1. The van der Waals surface area contributed by atoms with E-state index in [2.05, 4.69) is 5.32 Å². The van der Waals surface area contributed by atoms with Crippen molar-refractivity contribution >= 4 is 17.1 Å². The Hall–Kier alpha value is -2.17. The van der Waals surface area contributed by atoms with E-state index in [-0.39, 0.29) is 0 Å². The van der Waals surface area contributed by atoms with E-state index in [0.717, 1.165) is 23.3 Å². The maximum Gasteiger partial charge on any atom is 0.416 e. The summed E-state index contributed by atoms with van der Waals surface area (Å²) in [5.74, 6) is 0. The molecule has 0 aromatic heterocycles. The quantitative estimate of drug-likeness (QED) is 0.786. The minimum atomic E-state index is -4.35. The van der Waals surface area contributed by atoms with Gasteiger partial charge >= 0.3 is 6.18 Å². The number of hydrogen-bond donors (Lipinski definition) is 2. The summed E-state index contributed by atoms with van der Waals surface area (Å²) >= 11 is 0. The maximum absolute atomic E-state index is 12.7. The number of nitrogen functional groups attached to an aromatic ring is 1. The summed E-state index contributed by atoms with van der Waals surface area (Å²) < 4.78 is 38.2. The van der Waals surface area contributed by atoms with Crippen LogP contribution in [0.4, 0.5) is 30.2 Å². The first-order valence-electron chi connectivity index (χ1n) is 6.08. The molecule has 2 nitrogen and oxygen atoms in total. The molecule has 0 saturated carbocycles. The molecule has 5 heteroatoms. The van der Waals surface area contributed by atoms with Crippen molar-refractivity contribution in [3.05, 3.63) is 53.1 Å². The summed E-state index contributed by atoms with van der Waals surface area (Å²) in [6, 6.07) is 8.91. The van der Waals surface area contributed by atoms with Gasteiger partial charge in [0.25, 0.3) is 0 Å². The minimum absolute atomic E-state index is 0.425. The van der Waals surface area contributed by atoms with Crippen LogP contribution in [0.5, 0.6) is 0 Å². The Balaban J connectivity index is 2.40. The largest absolute Gasteiger partial charge is 0.416 e. The monoisotopic (exact) mass is 280 g/mol. The molecule has 0 aliphatic heterocycles. The van der Waals surface area contributed by atoms with Crippen LogP contribution in [0.2, 0.25) is 0 Å². The van der Waals surface area contributed by atoms with Crippen LogP contribution in [-0.2, 0) is 6.18 Å². The van der Waals surface area contributed by atoms with Crippen molar-refractivity contribution in [2.75, 3.05) is 11.1 Å². The van der Waals surface area contributed by atoms with Crippen molar-refractivity contribution in [2.24, 2.45) is 0 Å². The zero-order valence-electron chi connectivity index (χ0n) is 11.2. The highest BCUT2D eigenvalue weighted by Crippen LogP contribution is 2.33. The number of alkyl halides is 3. The summed E-state index contributed by atoms with van der Waals surface area (Å²) in [6.45, 7) is 3.62. The number of rotatable bonds is 2. The highest BCUT2D eigenvalue weighted by molar-refractivity contribution is 5.69. The van der Waals surface area contributed by atoms with Gasteiger partial charge in [0.2, 0.25) is 0 Å². The summed E-state index contributed by atoms with van der Waals surface area (Å²) in [5.41, 5.74) is 8.36. The third kappa shape index (κ3) is 3.04. The highest BCUT2D eigenvalue weighted by Gasteiger charge is 2.30. The first kappa shape index (κ1) is 14.2. The van der Waals surface area contributed by atoms with Crippen LogP contribution in [0.25, 0.3) is 0 Å². The fraction of sp³-hybridized carbons (Fsp3) is 0.200. The molecule has 0 saturated heterocycles. The average Bonchev–Trinajstić information content (AvgIpc) is 2.35. The molecule has 20 heavy (non-hydrogen) atoms. The molecule has 2 aromatic carbocycles. The third-order valence-corrected chi connectivity index (χ3v) is 3.10. The molecule has 2 rings (SSSR count). The van der Waals surface area contributed by atoms with Crippen LogP contribution in [0.1, 0.15) is 16.7 Å². The van der Waals surface area contributed by atoms with Crippen LogP contribution < -0.4 is 11.1 Å². The van der Waals surface area contributed by atoms with Crippen molar-refractivity contribution < 1.29 is 13.2 Å². The molecule has 0 aliphatic rings. The fourth-order valence-electron chi connectivity index (χ4n) is 1.85. The molecule has 0 radical (unpaired) electrons. The van der Waals surface area contributed by atoms with Gasteiger partial charge in [-0.2, -0.15) is 13.2 Å². The Labute approximate surface area is 115 Å². The molecule has 0 bridgehead atoms. The highest BCUT2D eigenvalue weighted by atomic mass is 19.4. The fourth-order valence-corrected chi connectivity index (χ4v) is 1.85. The second-order valence-electron chi connectivity index (χ2n) is 4.73. The van der Waals surface area contributed by atoms with Gasteiger partial charge in [0, 0.05) is 17.1 Å². The van der Waals surface area contributed by atoms with Crippen LogP contribution in [0.3, 0.4) is 0 Å². The molecular formula is C15H15F3N2. The normalized spacial score (nSPS) is 11.4. The Bertz CT molecular complexity index is 634. The van der Waals surface area contributed by atoms with Crippen molar-refractivity contribution in [1.29, 1.82) is 0 Å². The molecule has 0 unspecified atom stereocenters. The predicted molar refractivity (Wildman–Crippen MR) is 75.1 cm³/mol. The van der Waals surface area contributed by atoms with E-state index < -0.39 is 11.7 Å². The molecular weight excluding hydrogens is 265 g/mol. The Morgan fingerprint density at radius 2 is 1.45 bits per heavy atom. The lowest BCUT2D eigenvalue weighted by molar-refractivity contribution is -0.137. The topological polar surface area (TPSA) is 38.0 Å². The van der Waals surface area contributed by atoms with Gasteiger partial charge in [-0.15, -0.1) is 0 Å². The van der Waals surface area contributed by atoms with E-state index in [1.165, 1.54) is 6.07 Å². The van der Waals surface area contributed by atoms with Crippen molar-refractivity contribution in [3.63, 3.8) is 0 Å². The van der Waals surface area contributed by atoms with Crippen LogP contribution in [0, 0.1) is 13.8 Å². The molecule has 0 fully saturated rings. The summed E-state index contributed by atoms with van der Waals surface area (Å²) in [4.78, 5) is 0. The zero-order chi connectivity index (χ0) is 14.9. The van der Waals surface area contributed by atoms with Gasteiger partial charge in [0.15, 0.2) is 0 Å². The van der Waals surface area contributed by atoms with Gasteiger partial charge in [-0.1, -0.05) is 12.1 Å². The van der Waals surface area contributed by atoms with Gasteiger partial charge in [-0.3, -0.25) is 0 Å². The molecule has 0 amide bonds. The summed E-state index contributed by atoms with van der Waals surface area (Å²) in [6.07, 6.45) is -4.35. The smallest absolute Gasteiger partial charge is 0.399 e. The first-order chi connectivity index (χ1) is 9.27. The van der Waals surface area contributed by atoms with Gasteiger partial charge < -0.3 is 11.1 Å². The van der Waals surface area contributed by atoms with E-state index in [9.17, 15) is 13.2 Å². The second kappa shape index (κ2) is 5.07. The predicted octanol–water partition coefficient (Wildman–Crippen LogP) is 4.65. The molecule has 106 valence electrons.